The van der Waals surface area contributed by atoms with E-state index >= 15 is 0 Å². The van der Waals surface area contributed by atoms with E-state index < -0.39 is 4.92 Å². The van der Waals surface area contributed by atoms with Gasteiger partial charge in [0.05, 0.1) is 27.4 Å². The number of anilines is 1. The highest BCUT2D eigenvalue weighted by Gasteiger charge is 2.22. The largest absolute Gasteiger partial charge is 0.367 e. The van der Waals surface area contributed by atoms with Gasteiger partial charge in [0, 0.05) is 50.0 Å². The first-order chi connectivity index (χ1) is 12.6. The van der Waals surface area contributed by atoms with Crippen LogP contribution in [0.4, 0.5) is 11.4 Å². The maximum Gasteiger partial charge on any atom is 0.270 e. The fourth-order valence-corrected chi connectivity index (χ4v) is 3.35. The van der Waals surface area contributed by atoms with Gasteiger partial charge in [0.2, 0.25) is 0 Å². The number of nitriles is 1. The highest BCUT2D eigenvalue weighted by Crippen LogP contribution is 2.29. The lowest BCUT2D eigenvalue weighted by Gasteiger charge is -2.38. The molecule has 6 nitrogen and oxygen atoms in total. The van der Waals surface area contributed by atoms with Crippen LogP contribution in [0.5, 0.6) is 0 Å². The molecule has 1 heterocycles. The SMILES string of the molecule is N#C/C=C(\c1cccc([N+](=O)[O-])c1)N1CCN(c2ccccc2Cl)CC1. The molecule has 0 spiro atoms. The topological polar surface area (TPSA) is 73.4 Å². The zero-order chi connectivity index (χ0) is 18.5. The summed E-state index contributed by atoms with van der Waals surface area (Å²) in [6, 6.07) is 16.1. The second kappa shape index (κ2) is 7.89. The van der Waals surface area contributed by atoms with Crippen LogP contribution in [0.1, 0.15) is 5.56 Å². The fourth-order valence-electron chi connectivity index (χ4n) is 3.09. The minimum atomic E-state index is -0.428. The molecule has 26 heavy (non-hydrogen) atoms. The molecule has 0 radical (unpaired) electrons. The second-order valence-electron chi connectivity index (χ2n) is 5.89. The van der Waals surface area contributed by atoms with E-state index in [9.17, 15) is 10.1 Å². The predicted octanol–water partition coefficient (Wildman–Crippen LogP) is 3.93. The smallest absolute Gasteiger partial charge is 0.270 e. The minimum absolute atomic E-state index is 0.0149. The number of para-hydroxylation sites is 1. The number of benzene rings is 2. The lowest BCUT2D eigenvalue weighted by atomic mass is 10.1. The summed E-state index contributed by atoms with van der Waals surface area (Å²) in [4.78, 5) is 14.9. The normalized spacial score (nSPS) is 14.8. The molecule has 0 N–H and O–H groups in total. The molecule has 1 aliphatic rings. The van der Waals surface area contributed by atoms with Gasteiger partial charge in [-0.25, -0.2) is 0 Å². The molecule has 0 amide bonds. The molecule has 0 atom stereocenters. The molecule has 0 aliphatic carbocycles. The average Bonchev–Trinajstić information content (AvgIpc) is 2.67. The summed E-state index contributed by atoms with van der Waals surface area (Å²) in [5.74, 6) is 0. The maximum absolute atomic E-state index is 11.0. The molecule has 3 rings (SSSR count). The van der Waals surface area contributed by atoms with Gasteiger partial charge in [-0.15, -0.1) is 0 Å². The van der Waals surface area contributed by atoms with Crippen LogP contribution in [0.2, 0.25) is 5.02 Å². The van der Waals surface area contributed by atoms with Crippen molar-refractivity contribution in [2.45, 2.75) is 0 Å². The summed E-state index contributed by atoms with van der Waals surface area (Å²) in [5.41, 5.74) is 2.39. The van der Waals surface area contributed by atoms with Crippen molar-refractivity contribution in [3.63, 3.8) is 0 Å². The van der Waals surface area contributed by atoms with E-state index in [0.29, 0.717) is 29.4 Å². The van der Waals surface area contributed by atoms with Crippen molar-refractivity contribution in [3.8, 4) is 6.07 Å². The molecule has 1 fully saturated rings. The monoisotopic (exact) mass is 368 g/mol. The fraction of sp³-hybridized carbons (Fsp3) is 0.211. The third-order valence-electron chi connectivity index (χ3n) is 4.37. The van der Waals surface area contributed by atoms with Gasteiger partial charge in [0.1, 0.15) is 0 Å². The number of hydrogen-bond acceptors (Lipinski definition) is 5. The van der Waals surface area contributed by atoms with Gasteiger partial charge >= 0.3 is 0 Å². The number of nitrogens with zero attached hydrogens (tertiary/aromatic N) is 4. The van der Waals surface area contributed by atoms with E-state index in [0.717, 1.165) is 18.8 Å². The number of non-ortho nitro benzene ring substituents is 1. The Labute approximate surface area is 156 Å². The first-order valence-electron chi connectivity index (χ1n) is 8.19. The third-order valence-corrected chi connectivity index (χ3v) is 4.69. The van der Waals surface area contributed by atoms with E-state index in [4.69, 9.17) is 16.9 Å². The second-order valence-corrected chi connectivity index (χ2v) is 6.30. The Balaban J connectivity index is 1.79. The number of nitro benzene ring substituents is 1. The van der Waals surface area contributed by atoms with E-state index in [1.807, 2.05) is 24.3 Å². The van der Waals surface area contributed by atoms with E-state index in [-0.39, 0.29) is 5.69 Å². The summed E-state index contributed by atoms with van der Waals surface area (Å²) in [7, 11) is 0. The van der Waals surface area contributed by atoms with Crippen LogP contribution in [0.25, 0.3) is 5.70 Å². The van der Waals surface area contributed by atoms with E-state index in [1.165, 1.54) is 18.2 Å². The minimum Gasteiger partial charge on any atom is -0.367 e. The van der Waals surface area contributed by atoms with Gasteiger partial charge in [-0.05, 0) is 12.1 Å². The van der Waals surface area contributed by atoms with Crippen LogP contribution >= 0.6 is 11.6 Å². The molecule has 2 aromatic carbocycles. The molecule has 0 aromatic heterocycles. The van der Waals surface area contributed by atoms with Gasteiger partial charge in [-0.3, -0.25) is 10.1 Å². The van der Waals surface area contributed by atoms with Crippen molar-refractivity contribution >= 4 is 28.7 Å². The molecule has 0 unspecified atom stereocenters. The Morgan fingerprint density at radius 1 is 1.15 bits per heavy atom. The molecule has 2 aromatic rings. The predicted molar refractivity (Wildman–Crippen MR) is 102 cm³/mol. The Morgan fingerprint density at radius 3 is 2.54 bits per heavy atom. The van der Waals surface area contributed by atoms with E-state index in [1.54, 1.807) is 12.1 Å². The Hall–Kier alpha value is -3.04. The quantitative estimate of drug-likeness (QED) is 0.464. The van der Waals surface area contributed by atoms with Crippen LogP contribution in [0.15, 0.2) is 54.6 Å². The van der Waals surface area contributed by atoms with Crippen LogP contribution < -0.4 is 4.90 Å². The average molecular weight is 369 g/mol. The standard InChI is InChI=1S/C19H17ClN4O2/c20-17-6-1-2-7-19(17)23-12-10-22(11-13-23)18(8-9-21)15-4-3-5-16(14-15)24(25)26/h1-8,14H,10-13H2/b18-8+. The molecule has 7 heteroatoms. The van der Waals surface area contributed by atoms with Crippen LogP contribution in [0, 0.1) is 21.4 Å². The lowest BCUT2D eigenvalue weighted by molar-refractivity contribution is -0.384. The maximum atomic E-state index is 11.0. The van der Waals surface area contributed by atoms with Crippen molar-refractivity contribution < 1.29 is 4.92 Å². The van der Waals surface area contributed by atoms with Gasteiger partial charge in [-0.1, -0.05) is 35.9 Å². The lowest BCUT2D eigenvalue weighted by Crippen LogP contribution is -2.45. The number of nitro groups is 1. The molecule has 1 saturated heterocycles. The summed E-state index contributed by atoms with van der Waals surface area (Å²) >= 11 is 6.28. The first kappa shape index (κ1) is 17.8. The van der Waals surface area contributed by atoms with Gasteiger partial charge < -0.3 is 9.80 Å². The molecule has 0 saturated carbocycles. The number of hydrogen-bond donors (Lipinski definition) is 0. The summed E-state index contributed by atoms with van der Waals surface area (Å²) in [6.45, 7) is 2.89. The van der Waals surface area contributed by atoms with Crippen molar-refractivity contribution in [2.24, 2.45) is 0 Å². The van der Waals surface area contributed by atoms with Crippen molar-refractivity contribution in [3.05, 3.63) is 75.3 Å². The highest BCUT2D eigenvalue weighted by atomic mass is 35.5. The van der Waals surface area contributed by atoms with Crippen LogP contribution in [0.3, 0.4) is 0 Å². The number of rotatable bonds is 4. The first-order valence-corrected chi connectivity index (χ1v) is 8.57. The van der Waals surface area contributed by atoms with Crippen molar-refractivity contribution in [1.82, 2.24) is 4.90 Å². The summed E-state index contributed by atoms with van der Waals surface area (Å²) in [5, 5.41) is 20.9. The molecular formula is C19H17ClN4O2. The summed E-state index contributed by atoms with van der Waals surface area (Å²) < 4.78 is 0. The number of allylic oxidation sites excluding steroid dienone is 1. The third kappa shape index (κ3) is 3.79. The summed E-state index contributed by atoms with van der Waals surface area (Å²) in [6.07, 6.45) is 1.45. The van der Waals surface area contributed by atoms with E-state index in [2.05, 4.69) is 15.9 Å². The Morgan fingerprint density at radius 2 is 1.88 bits per heavy atom. The van der Waals surface area contributed by atoms with Crippen LogP contribution in [-0.4, -0.2) is 36.0 Å². The number of halogens is 1. The van der Waals surface area contributed by atoms with Crippen LogP contribution in [-0.2, 0) is 0 Å². The zero-order valence-electron chi connectivity index (χ0n) is 14.0. The van der Waals surface area contributed by atoms with Gasteiger partial charge in [0.15, 0.2) is 0 Å². The number of piperazine rings is 1. The van der Waals surface area contributed by atoms with Gasteiger partial charge in [0.25, 0.3) is 5.69 Å². The highest BCUT2D eigenvalue weighted by molar-refractivity contribution is 6.33. The van der Waals surface area contributed by atoms with Gasteiger partial charge in [-0.2, -0.15) is 5.26 Å². The molecule has 132 valence electrons. The van der Waals surface area contributed by atoms with Crippen molar-refractivity contribution in [2.75, 3.05) is 31.1 Å². The molecule has 0 bridgehead atoms. The van der Waals surface area contributed by atoms with Crippen molar-refractivity contribution in [1.29, 1.82) is 5.26 Å². The Kier molecular flexibility index (Phi) is 5.40. The zero-order valence-corrected chi connectivity index (χ0v) is 14.8. The molecule has 1 aliphatic heterocycles. The Bertz CT molecular complexity index is 883. The molecular weight excluding hydrogens is 352 g/mol.